The third-order valence-electron chi connectivity index (χ3n) is 5.17. The van der Waals surface area contributed by atoms with Crippen molar-refractivity contribution in [1.82, 2.24) is 0 Å². The molecule has 1 aliphatic carbocycles. The van der Waals surface area contributed by atoms with Gasteiger partial charge in [0.15, 0.2) is 0 Å². The highest BCUT2D eigenvalue weighted by Crippen LogP contribution is 2.47. The molecule has 3 heteroatoms. The Hall–Kier alpha value is -0.540. The van der Waals surface area contributed by atoms with Gasteiger partial charge in [-0.3, -0.25) is 0 Å². The van der Waals surface area contributed by atoms with Gasteiger partial charge in [-0.05, 0) is 49.8 Å². The maximum absolute atomic E-state index is 10.6. The second-order valence-corrected chi connectivity index (χ2v) is 7.69. The van der Waals surface area contributed by atoms with Crippen LogP contribution in [0.15, 0.2) is 22.7 Å². The zero-order valence-electron chi connectivity index (χ0n) is 12.8. The molecule has 0 saturated heterocycles. The van der Waals surface area contributed by atoms with E-state index in [9.17, 15) is 5.11 Å². The Morgan fingerprint density at radius 3 is 3.00 bits per heavy atom. The first-order valence-corrected chi connectivity index (χ1v) is 9.08. The highest BCUT2D eigenvalue weighted by atomic mass is 79.9. The molecule has 1 spiro atoms. The molecule has 0 aromatic heterocycles. The van der Waals surface area contributed by atoms with Crippen molar-refractivity contribution in [3.8, 4) is 5.75 Å². The lowest BCUT2D eigenvalue weighted by atomic mass is 9.83. The Morgan fingerprint density at radius 2 is 2.19 bits per heavy atom. The summed E-state index contributed by atoms with van der Waals surface area (Å²) in [6, 6.07) is 5.99. The van der Waals surface area contributed by atoms with Crippen molar-refractivity contribution in [3.63, 3.8) is 0 Å². The van der Waals surface area contributed by atoms with Crippen molar-refractivity contribution in [1.29, 1.82) is 0 Å². The van der Waals surface area contributed by atoms with Gasteiger partial charge in [-0.2, -0.15) is 0 Å². The third-order valence-corrected chi connectivity index (χ3v) is 5.67. The molecule has 21 heavy (non-hydrogen) atoms. The Labute approximate surface area is 136 Å². The molecule has 116 valence electrons. The van der Waals surface area contributed by atoms with Gasteiger partial charge in [-0.1, -0.05) is 42.1 Å². The monoisotopic (exact) mass is 352 g/mol. The summed E-state index contributed by atoms with van der Waals surface area (Å²) in [6.07, 6.45) is 8.92. The quantitative estimate of drug-likeness (QED) is 0.773. The normalized spacial score (nSPS) is 32.3. The topological polar surface area (TPSA) is 29.5 Å². The maximum atomic E-state index is 10.6. The molecule has 1 heterocycles. The summed E-state index contributed by atoms with van der Waals surface area (Å²) >= 11 is 3.48. The zero-order valence-corrected chi connectivity index (χ0v) is 14.4. The SMILES string of the molecule is CCCC1CCCC2(CC1)C[C@@H](O)c1cc(Br)ccc1O2. The summed E-state index contributed by atoms with van der Waals surface area (Å²) < 4.78 is 7.41. The number of benzene rings is 1. The highest BCUT2D eigenvalue weighted by molar-refractivity contribution is 9.10. The van der Waals surface area contributed by atoms with E-state index in [1.807, 2.05) is 18.2 Å². The van der Waals surface area contributed by atoms with Gasteiger partial charge in [0.2, 0.25) is 0 Å². The van der Waals surface area contributed by atoms with Crippen molar-refractivity contribution in [3.05, 3.63) is 28.2 Å². The first kappa shape index (κ1) is 15.4. The maximum Gasteiger partial charge on any atom is 0.126 e. The fourth-order valence-electron chi connectivity index (χ4n) is 4.06. The smallest absolute Gasteiger partial charge is 0.126 e. The molecule has 0 radical (unpaired) electrons. The van der Waals surface area contributed by atoms with Gasteiger partial charge < -0.3 is 9.84 Å². The molecule has 1 saturated carbocycles. The lowest BCUT2D eigenvalue weighted by Crippen LogP contribution is -2.40. The number of ether oxygens (including phenoxy) is 1. The second-order valence-electron chi connectivity index (χ2n) is 6.77. The van der Waals surface area contributed by atoms with Gasteiger partial charge in [0, 0.05) is 16.5 Å². The van der Waals surface area contributed by atoms with Crippen LogP contribution in [0.3, 0.4) is 0 Å². The number of hydrogen-bond donors (Lipinski definition) is 1. The fraction of sp³-hybridized carbons (Fsp3) is 0.667. The summed E-state index contributed by atoms with van der Waals surface area (Å²) in [6.45, 7) is 2.27. The van der Waals surface area contributed by atoms with Crippen LogP contribution in [0.25, 0.3) is 0 Å². The Balaban J connectivity index is 1.79. The predicted molar refractivity (Wildman–Crippen MR) is 88.6 cm³/mol. The van der Waals surface area contributed by atoms with E-state index >= 15 is 0 Å². The van der Waals surface area contributed by atoms with Gasteiger partial charge >= 0.3 is 0 Å². The standard InChI is InChI=1S/C18H25BrO2/c1-2-4-13-5-3-9-18(10-8-13)12-16(20)15-11-14(19)6-7-17(15)21-18/h6-7,11,13,16,20H,2-5,8-10,12H2,1H3/t13?,16-,18?/m1/s1. The highest BCUT2D eigenvalue weighted by Gasteiger charge is 2.41. The molecule has 1 aliphatic heterocycles. The molecular weight excluding hydrogens is 328 g/mol. The van der Waals surface area contributed by atoms with E-state index in [-0.39, 0.29) is 5.60 Å². The summed E-state index contributed by atoms with van der Waals surface area (Å²) in [5, 5.41) is 10.6. The molecule has 2 unspecified atom stereocenters. The van der Waals surface area contributed by atoms with E-state index in [0.717, 1.165) is 41.0 Å². The minimum absolute atomic E-state index is 0.136. The Kier molecular flexibility index (Phi) is 4.60. The van der Waals surface area contributed by atoms with Crippen LogP contribution in [0.4, 0.5) is 0 Å². The number of halogens is 1. The van der Waals surface area contributed by atoms with Crippen LogP contribution in [0.1, 0.15) is 70.0 Å². The Morgan fingerprint density at radius 1 is 1.33 bits per heavy atom. The average molecular weight is 353 g/mol. The molecule has 1 aromatic carbocycles. The van der Waals surface area contributed by atoms with Crippen LogP contribution >= 0.6 is 15.9 Å². The molecule has 1 N–H and O–H groups in total. The van der Waals surface area contributed by atoms with Gasteiger partial charge in [0.25, 0.3) is 0 Å². The Bertz CT molecular complexity index is 502. The minimum atomic E-state index is -0.394. The van der Waals surface area contributed by atoms with Crippen molar-refractivity contribution in [2.75, 3.05) is 0 Å². The van der Waals surface area contributed by atoms with Gasteiger partial charge in [-0.25, -0.2) is 0 Å². The van der Waals surface area contributed by atoms with Crippen molar-refractivity contribution >= 4 is 15.9 Å². The molecule has 1 fully saturated rings. The van der Waals surface area contributed by atoms with Crippen LogP contribution in [0.5, 0.6) is 5.75 Å². The first-order chi connectivity index (χ1) is 10.1. The van der Waals surface area contributed by atoms with Crippen LogP contribution in [0.2, 0.25) is 0 Å². The van der Waals surface area contributed by atoms with E-state index in [1.165, 1.54) is 32.1 Å². The number of aliphatic hydroxyl groups excluding tert-OH is 1. The summed E-state index contributed by atoms with van der Waals surface area (Å²) in [5.74, 6) is 1.73. The molecule has 1 aromatic rings. The number of rotatable bonds is 2. The van der Waals surface area contributed by atoms with Crippen LogP contribution in [0, 0.1) is 5.92 Å². The van der Waals surface area contributed by atoms with Crippen molar-refractivity contribution in [2.45, 2.75) is 70.0 Å². The van der Waals surface area contributed by atoms with Gasteiger partial charge in [0.1, 0.15) is 11.4 Å². The van der Waals surface area contributed by atoms with E-state index in [1.54, 1.807) is 0 Å². The van der Waals surface area contributed by atoms with E-state index in [4.69, 9.17) is 4.74 Å². The van der Waals surface area contributed by atoms with Crippen molar-refractivity contribution < 1.29 is 9.84 Å². The van der Waals surface area contributed by atoms with Crippen LogP contribution in [-0.4, -0.2) is 10.7 Å². The molecule has 3 rings (SSSR count). The largest absolute Gasteiger partial charge is 0.487 e. The molecule has 0 bridgehead atoms. The molecule has 0 amide bonds. The zero-order chi connectivity index (χ0) is 14.9. The number of hydrogen-bond acceptors (Lipinski definition) is 2. The molecule has 2 aliphatic rings. The number of fused-ring (bicyclic) bond motifs is 1. The minimum Gasteiger partial charge on any atom is -0.487 e. The average Bonchev–Trinajstić information content (AvgIpc) is 2.64. The second kappa shape index (κ2) is 6.29. The number of aliphatic hydroxyl groups is 1. The fourth-order valence-corrected chi connectivity index (χ4v) is 4.44. The molecular formula is C18H25BrO2. The van der Waals surface area contributed by atoms with Crippen LogP contribution in [-0.2, 0) is 0 Å². The summed E-state index contributed by atoms with van der Waals surface area (Å²) in [5.41, 5.74) is 0.798. The van der Waals surface area contributed by atoms with E-state index < -0.39 is 6.10 Å². The molecule has 3 atom stereocenters. The van der Waals surface area contributed by atoms with Gasteiger partial charge in [-0.15, -0.1) is 0 Å². The van der Waals surface area contributed by atoms with E-state index in [0.29, 0.717) is 0 Å². The van der Waals surface area contributed by atoms with E-state index in [2.05, 4.69) is 22.9 Å². The van der Waals surface area contributed by atoms with Crippen LogP contribution < -0.4 is 4.74 Å². The lowest BCUT2D eigenvalue weighted by Gasteiger charge is -2.40. The molecule has 2 nitrogen and oxygen atoms in total. The summed E-state index contributed by atoms with van der Waals surface area (Å²) in [4.78, 5) is 0. The third kappa shape index (κ3) is 3.29. The summed E-state index contributed by atoms with van der Waals surface area (Å²) in [7, 11) is 0. The first-order valence-electron chi connectivity index (χ1n) is 8.28. The predicted octanol–water partition coefficient (Wildman–Crippen LogP) is 5.38. The lowest BCUT2D eigenvalue weighted by molar-refractivity contribution is -0.0251. The van der Waals surface area contributed by atoms with Gasteiger partial charge in [0.05, 0.1) is 6.10 Å². The van der Waals surface area contributed by atoms with Crippen molar-refractivity contribution in [2.24, 2.45) is 5.92 Å².